The van der Waals surface area contributed by atoms with Crippen LogP contribution in [0.2, 0.25) is 0 Å². The van der Waals surface area contributed by atoms with Crippen molar-refractivity contribution in [3.8, 4) is 33.9 Å². The van der Waals surface area contributed by atoms with Crippen molar-refractivity contribution in [1.29, 1.82) is 0 Å². The van der Waals surface area contributed by atoms with Crippen molar-refractivity contribution in [1.82, 2.24) is 4.90 Å². The van der Waals surface area contributed by atoms with Gasteiger partial charge in [0.2, 0.25) is 0 Å². The Morgan fingerprint density at radius 3 is 2.56 bits per heavy atom. The van der Waals surface area contributed by atoms with Crippen molar-refractivity contribution in [2.45, 2.75) is 26.2 Å². The van der Waals surface area contributed by atoms with E-state index in [1.807, 2.05) is 30.3 Å². The predicted octanol–water partition coefficient (Wildman–Crippen LogP) is 6.65. The molecule has 1 aromatic heterocycles. The van der Waals surface area contributed by atoms with Gasteiger partial charge in [-0.15, -0.1) is 0 Å². The number of ether oxygens (including phenoxy) is 1. The average Bonchev–Trinajstić information content (AvgIpc) is 3.20. The number of benzene rings is 3. The molecule has 5 rings (SSSR count). The minimum absolute atomic E-state index is 0.198. The Balaban J connectivity index is 1.51. The topological polar surface area (TPSA) is 45.8 Å². The summed E-state index contributed by atoms with van der Waals surface area (Å²) < 4.78 is 12.4. The molecule has 0 atom stereocenters. The number of phenols is 1. The quantitative estimate of drug-likeness (QED) is 0.374. The molecular formula is C28H29NO3. The summed E-state index contributed by atoms with van der Waals surface area (Å²) in [5.74, 6) is 1.87. The third-order valence-corrected chi connectivity index (χ3v) is 6.31. The molecule has 0 saturated carbocycles. The fourth-order valence-electron chi connectivity index (χ4n) is 4.58. The van der Waals surface area contributed by atoms with Crippen LogP contribution >= 0.6 is 0 Å². The highest BCUT2D eigenvalue weighted by atomic mass is 16.5. The van der Waals surface area contributed by atoms with E-state index in [-0.39, 0.29) is 5.75 Å². The molecule has 32 heavy (non-hydrogen) atoms. The number of aryl methyl sites for hydroxylation is 1. The van der Waals surface area contributed by atoms with Crippen LogP contribution in [0.1, 0.15) is 24.8 Å². The zero-order valence-corrected chi connectivity index (χ0v) is 18.5. The number of piperidine rings is 1. The van der Waals surface area contributed by atoms with Crippen molar-refractivity contribution >= 4 is 11.0 Å². The van der Waals surface area contributed by atoms with Crippen LogP contribution < -0.4 is 4.74 Å². The first-order chi connectivity index (χ1) is 15.7. The Hall–Kier alpha value is -3.24. The van der Waals surface area contributed by atoms with Crippen molar-refractivity contribution in [2.75, 3.05) is 26.2 Å². The monoisotopic (exact) mass is 427 g/mol. The van der Waals surface area contributed by atoms with Crippen molar-refractivity contribution in [3.63, 3.8) is 0 Å². The van der Waals surface area contributed by atoms with E-state index in [1.165, 1.54) is 32.4 Å². The van der Waals surface area contributed by atoms with Crippen LogP contribution in [0.15, 0.2) is 71.1 Å². The number of nitrogens with zero attached hydrogens (tertiary/aromatic N) is 1. The number of likely N-dealkylation sites (tertiary alicyclic amines) is 1. The van der Waals surface area contributed by atoms with E-state index < -0.39 is 0 Å². The highest BCUT2D eigenvalue weighted by Gasteiger charge is 2.20. The SMILES string of the molecule is Cc1ccc(OCCN2CCCCC2)cc1-c1c(-c2ccccc2)oc2cc(O)ccc12. The third-order valence-electron chi connectivity index (χ3n) is 6.31. The second-order valence-corrected chi connectivity index (χ2v) is 8.58. The van der Waals surface area contributed by atoms with Crippen LogP contribution in [0.5, 0.6) is 11.5 Å². The Morgan fingerprint density at radius 2 is 1.75 bits per heavy atom. The molecule has 4 heteroatoms. The van der Waals surface area contributed by atoms with Gasteiger partial charge in [-0.1, -0.05) is 42.8 Å². The van der Waals surface area contributed by atoms with E-state index in [0.29, 0.717) is 12.2 Å². The summed E-state index contributed by atoms with van der Waals surface area (Å²) in [6, 6.07) is 21.7. The van der Waals surface area contributed by atoms with Crippen molar-refractivity contribution < 1.29 is 14.3 Å². The van der Waals surface area contributed by atoms with E-state index in [4.69, 9.17) is 9.15 Å². The molecule has 164 valence electrons. The molecule has 1 N–H and O–H groups in total. The van der Waals surface area contributed by atoms with Crippen molar-refractivity contribution in [3.05, 3.63) is 72.3 Å². The smallest absolute Gasteiger partial charge is 0.143 e. The summed E-state index contributed by atoms with van der Waals surface area (Å²) in [6.07, 6.45) is 3.93. The van der Waals surface area contributed by atoms with Gasteiger partial charge in [0.25, 0.3) is 0 Å². The highest BCUT2D eigenvalue weighted by Crippen LogP contribution is 2.43. The molecular weight excluding hydrogens is 398 g/mol. The Kier molecular flexibility index (Phi) is 5.87. The molecule has 1 fully saturated rings. The molecule has 0 unspecified atom stereocenters. The van der Waals surface area contributed by atoms with Gasteiger partial charge >= 0.3 is 0 Å². The molecule has 0 aliphatic carbocycles. The standard InChI is InChI=1S/C28H29NO3/c1-20-10-12-23(31-17-16-29-14-6-3-7-15-29)19-25(20)27-24-13-11-22(30)18-26(24)32-28(27)21-8-4-2-5-9-21/h2,4-5,8-13,18-19,30H,3,6-7,14-17H2,1H3. The fraction of sp³-hybridized carbons (Fsp3) is 0.286. The Labute approximate surface area is 189 Å². The first kappa shape index (κ1) is 20.7. The maximum absolute atomic E-state index is 9.99. The summed E-state index contributed by atoms with van der Waals surface area (Å²) in [6.45, 7) is 6.12. The summed E-state index contributed by atoms with van der Waals surface area (Å²) in [4.78, 5) is 2.49. The number of rotatable bonds is 6. The zero-order valence-electron chi connectivity index (χ0n) is 18.5. The first-order valence-corrected chi connectivity index (χ1v) is 11.5. The number of hydrogen-bond donors (Lipinski definition) is 1. The molecule has 2 heterocycles. The molecule has 1 saturated heterocycles. The number of hydrogen-bond acceptors (Lipinski definition) is 4. The third kappa shape index (κ3) is 4.23. The molecule has 1 aliphatic rings. The highest BCUT2D eigenvalue weighted by molar-refractivity contribution is 6.03. The van der Waals surface area contributed by atoms with E-state index in [9.17, 15) is 5.11 Å². The van der Waals surface area contributed by atoms with Gasteiger partial charge in [0.1, 0.15) is 29.4 Å². The van der Waals surface area contributed by atoms with Gasteiger partial charge in [0.15, 0.2) is 0 Å². The molecule has 0 bridgehead atoms. The number of phenolic OH excluding ortho intramolecular Hbond substituents is 1. The molecule has 0 amide bonds. The normalized spacial score (nSPS) is 14.7. The maximum Gasteiger partial charge on any atom is 0.143 e. The fourth-order valence-corrected chi connectivity index (χ4v) is 4.58. The van der Waals surface area contributed by atoms with E-state index in [2.05, 4.69) is 36.1 Å². The molecule has 3 aromatic carbocycles. The van der Waals surface area contributed by atoms with Gasteiger partial charge in [-0.3, -0.25) is 4.90 Å². The van der Waals surface area contributed by atoms with Gasteiger partial charge in [0, 0.05) is 29.1 Å². The van der Waals surface area contributed by atoms with Gasteiger partial charge in [-0.05, 0) is 68.2 Å². The maximum atomic E-state index is 9.99. The second-order valence-electron chi connectivity index (χ2n) is 8.58. The van der Waals surface area contributed by atoms with Crippen LogP contribution in [-0.2, 0) is 0 Å². The van der Waals surface area contributed by atoms with Crippen molar-refractivity contribution in [2.24, 2.45) is 0 Å². The summed E-state index contributed by atoms with van der Waals surface area (Å²) in [5, 5.41) is 11.0. The van der Waals surface area contributed by atoms with E-state index in [1.54, 1.807) is 12.1 Å². The second kappa shape index (κ2) is 9.09. The molecule has 4 aromatic rings. The van der Waals surface area contributed by atoms with Gasteiger partial charge in [-0.2, -0.15) is 0 Å². The minimum Gasteiger partial charge on any atom is -0.508 e. The zero-order chi connectivity index (χ0) is 21.9. The summed E-state index contributed by atoms with van der Waals surface area (Å²) in [7, 11) is 0. The lowest BCUT2D eigenvalue weighted by molar-refractivity contribution is 0.183. The molecule has 4 nitrogen and oxygen atoms in total. The van der Waals surface area contributed by atoms with Crippen LogP contribution in [0.25, 0.3) is 33.4 Å². The lowest BCUT2D eigenvalue weighted by atomic mass is 9.95. The summed E-state index contributed by atoms with van der Waals surface area (Å²) >= 11 is 0. The molecule has 1 aliphatic heterocycles. The number of furan rings is 1. The van der Waals surface area contributed by atoms with Crippen LogP contribution in [0, 0.1) is 6.92 Å². The minimum atomic E-state index is 0.198. The first-order valence-electron chi connectivity index (χ1n) is 11.5. The van der Waals surface area contributed by atoms with Gasteiger partial charge < -0.3 is 14.3 Å². The van der Waals surface area contributed by atoms with Crippen LogP contribution in [0.3, 0.4) is 0 Å². The Bertz CT molecular complexity index is 1210. The summed E-state index contributed by atoms with van der Waals surface area (Å²) in [5.41, 5.74) is 4.96. The van der Waals surface area contributed by atoms with Gasteiger partial charge in [-0.25, -0.2) is 0 Å². The predicted molar refractivity (Wildman–Crippen MR) is 129 cm³/mol. The molecule has 0 radical (unpaired) electrons. The van der Waals surface area contributed by atoms with E-state index >= 15 is 0 Å². The number of aromatic hydroxyl groups is 1. The van der Waals surface area contributed by atoms with Crippen LogP contribution in [-0.4, -0.2) is 36.2 Å². The largest absolute Gasteiger partial charge is 0.508 e. The average molecular weight is 428 g/mol. The number of fused-ring (bicyclic) bond motifs is 1. The molecule has 0 spiro atoms. The van der Waals surface area contributed by atoms with Gasteiger partial charge in [0.05, 0.1) is 0 Å². The lowest BCUT2D eigenvalue weighted by Crippen LogP contribution is -2.33. The Morgan fingerprint density at radius 1 is 0.938 bits per heavy atom. The van der Waals surface area contributed by atoms with E-state index in [0.717, 1.165) is 45.7 Å². The van der Waals surface area contributed by atoms with Crippen LogP contribution in [0.4, 0.5) is 0 Å². The lowest BCUT2D eigenvalue weighted by Gasteiger charge is -2.26.